The largest absolute Gasteiger partial charge is 0.390 e. The lowest BCUT2D eigenvalue weighted by Gasteiger charge is -2.20. The van der Waals surface area contributed by atoms with Crippen molar-refractivity contribution in [2.45, 2.75) is 25.9 Å². The van der Waals surface area contributed by atoms with Crippen LogP contribution in [0.5, 0.6) is 0 Å². The Balaban J connectivity index is 1.77. The van der Waals surface area contributed by atoms with Gasteiger partial charge in [-0.3, -0.25) is 14.5 Å². The maximum atomic E-state index is 11.6. The molecule has 0 aromatic heterocycles. The van der Waals surface area contributed by atoms with Crippen LogP contribution in [0.4, 0.5) is 0 Å². The normalized spacial score (nSPS) is 29.5. The van der Waals surface area contributed by atoms with E-state index in [-0.39, 0.29) is 30.2 Å². The van der Waals surface area contributed by atoms with Crippen LogP contribution in [0.2, 0.25) is 0 Å². The average molecular weight is 226 g/mol. The molecule has 1 heterocycles. The number of rotatable bonds is 6. The third-order valence-electron chi connectivity index (χ3n) is 3.16. The third-order valence-corrected chi connectivity index (χ3v) is 3.16. The van der Waals surface area contributed by atoms with Crippen molar-refractivity contribution in [2.75, 3.05) is 19.6 Å². The first-order valence-corrected chi connectivity index (χ1v) is 5.89. The topological polar surface area (TPSA) is 69.6 Å². The molecule has 1 saturated heterocycles. The number of imide groups is 1. The van der Waals surface area contributed by atoms with Gasteiger partial charge in [-0.05, 0) is 19.4 Å². The maximum Gasteiger partial charge on any atom is 0.233 e. The Morgan fingerprint density at radius 1 is 1.44 bits per heavy atom. The molecule has 0 aromatic carbocycles. The first-order valence-electron chi connectivity index (χ1n) is 5.89. The summed E-state index contributed by atoms with van der Waals surface area (Å²) in [5.74, 6) is -0.319. The summed E-state index contributed by atoms with van der Waals surface area (Å²) in [6.07, 6.45) is 1.06. The molecule has 2 amide bonds. The quantitative estimate of drug-likeness (QED) is 0.466. The first-order chi connectivity index (χ1) is 7.65. The van der Waals surface area contributed by atoms with Crippen LogP contribution in [-0.2, 0) is 9.59 Å². The Morgan fingerprint density at radius 2 is 2.06 bits per heavy atom. The molecule has 5 nitrogen and oxygen atoms in total. The number of likely N-dealkylation sites (tertiary alicyclic amines) is 1. The second kappa shape index (κ2) is 4.51. The van der Waals surface area contributed by atoms with E-state index in [0.29, 0.717) is 6.54 Å². The molecule has 0 spiro atoms. The molecular weight excluding hydrogens is 208 g/mol. The summed E-state index contributed by atoms with van der Waals surface area (Å²) < 4.78 is 0. The zero-order valence-corrected chi connectivity index (χ0v) is 9.48. The van der Waals surface area contributed by atoms with Crippen molar-refractivity contribution in [1.29, 1.82) is 0 Å². The number of nitrogens with zero attached hydrogens (tertiary/aromatic N) is 1. The van der Waals surface area contributed by atoms with Gasteiger partial charge in [-0.2, -0.15) is 0 Å². The predicted octanol–water partition coefficient (Wildman–Crippen LogP) is -0.648. The maximum absolute atomic E-state index is 11.6. The zero-order valence-electron chi connectivity index (χ0n) is 9.48. The Morgan fingerprint density at radius 3 is 2.62 bits per heavy atom. The van der Waals surface area contributed by atoms with Gasteiger partial charge < -0.3 is 10.4 Å². The minimum Gasteiger partial charge on any atom is -0.390 e. The lowest BCUT2D eigenvalue weighted by molar-refractivity contribution is -0.142. The van der Waals surface area contributed by atoms with E-state index in [4.69, 9.17) is 0 Å². The second-order valence-corrected chi connectivity index (χ2v) is 4.59. The number of hydrogen-bond acceptors (Lipinski definition) is 4. The highest BCUT2D eigenvalue weighted by Crippen LogP contribution is 2.46. The summed E-state index contributed by atoms with van der Waals surface area (Å²) >= 11 is 0. The molecule has 5 heteroatoms. The van der Waals surface area contributed by atoms with Crippen molar-refractivity contribution in [3.8, 4) is 0 Å². The van der Waals surface area contributed by atoms with Gasteiger partial charge in [0.15, 0.2) is 0 Å². The van der Waals surface area contributed by atoms with Gasteiger partial charge >= 0.3 is 0 Å². The number of fused-ring (bicyclic) bond motifs is 1. The van der Waals surface area contributed by atoms with Crippen molar-refractivity contribution in [3.05, 3.63) is 0 Å². The molecule has 1 aliphatic heterocycles. The molecule has 0 bridgehead atoms. The van der Waals surface area contributed by atoms with Crippen LogP contribution >= 0.6 is 0 Å². The number of β-amino-alcohol motifs (C(OH)–C–C–N with tert-alkyl or cyclic N) is 1. The van der Waals surface area contributed by atoms with E-state index in [1.54, 1.807) is 0 Å². The second-order valence-electron chi connectivity index (χ2n) is 4.59. The third kappa shape index (κ3) is 2.10. The van der Waals surface area contributed by atoms with Gasteiger partial charge in [-0.15, -0.1) is 0 Å². The lowest BCUT2D eigenvalue weighted by atomic mass is 10.3. The van der Waals surface area contributed by atoms with E-state index < -0.39 is 6.10 Å². The van der Waals surface area contributed by atoms with E-state index in [1.165, 1.54) is 4.90 Å². The summed E-state index contributed by atoms with van der Waals surface area (Å²) in [6, 6.07) is 0. The number of piperidine rings is 1. The summed E-state index contributed by atoms with van der Waals surface area (Å²) in [7, 11) is 0. The Hall–Kier alpha value is -0.940. The summed E-state index contributed by atoms with van der Waals surface area (Å²) in [5, 5.41) is 12.7. The Labute approximate surface area is 94.8 Å². The van der Waals surface area contributed by atoms with Crippen LogP contribution in [0.25, 0.3) is 0 Å². The van der Waals surface area contributed by atoms with Crippen LogP contribution in [-0.4, -0.2) is 47.6 Å². The zero-order chi connectivity index (χ0) is 11.7. The van der Waals surface area contributed by atoms with E-state index in [2.05, 4.69) is 5.32 Å². The fourth-order valence-corrected chi connectivity index (χ4v) is 2.15. The molecule has 2 aliphatic rings. The van der Waals surface area contributed by atoms with Gasteiger partial charge in [0.1, 0.15) is 0 Å². The minimum atomic E-state index is -0.656. The van der Waals surface area contributed by atoms with Crippen molar-refractivity contribution >= 4 is 11.8 Å². The van der Waals surface area contributed by atoms with Gasteiger partial charge in [0, 0.05) is 6.54 Å². The number of hydrogen-bond donors (Lipinski definition) is 2. The van der Waals surface area contributed by atoms with E-state index in [1.807, 2.05) is 6.92 Å². The molecule has 2 N–H and O–H groups in total. The molecule has 3 atom stereocenters. The van der Waals surface area contributed by atoms with E-state index in [0.717, 1.165) is 19.4 Å². The number of aliphatic hydroxyl groups excluding tert-OH is 1. The molecule has 1 aliphatic carbocycles. The van der Waals surface area contributed by atoms with Crippen LogP contribution < -0.4 is 5.32 Å². The Kier molecular flexibility index (Phi) is 3.25. The minimum absolute atomic E-state index is 0.0664. The van der Waals surface area contributed by atoms with Crippen molar-refractivity contribution in [3.63, 3.8) is 0 Å². The highest BCUT2D eigenvalue weighted by atomic mass is 16.3. The van der Waals surface area contributed by atoms with Gasteiger partial charge in [-0.1, -0.05) is 6.92 Å². The highest BCUT2D eigenvalue weighted by Gasteiger charge is 2.58. The predicted molar refractivity (Wildman–Crippen MR) is 57.5 cm³/mol. The van der Waals surface area contributed by atoms with E-state index >= 15 is 0 Å². The van der Waals surface area contributed by atoms with Gasteiger partial charge in [-0.25, -0.2) is 0 Å². The molecule has 3 unspecified atom stereocenters. The Bertz CT molecular complexity index is 286. The van der Waals surface area contributed by atoms with Gasteiger partial charge in [0.2, 0.25) is 11.8 Å². The molecular formula is C11H18N2O3. The SMILES string of the molecule is CCCNCC(O)CN1C(=O)C2CC2C1=O. The van der Waals surface area contributed by atoms with Crippen LogP contribution in [0.15, 0.2) is 0 Å². The molecule has 2 rings (SSSR count). The molecule has 2 fully saturated rings. The van der Waals surface area contributed by atoms with Crippen LogP contribution in [0.3, 0.4) is 0 Å². The highest BCUT2D eigenvalue weighted by molar-refractivity contribution is 6.08. The van der Waals surface area contributed by atoms with Gasteiger partial charge in [0.05, 0.1) is 24.5 Å². The number of nitrogens with one attached hydrogen (secondary N) is 1. The fourth-order valence-electron chi connectivity index (χ4n) is 2.15. The van der Waals surface area contributed by atoms with Crippen LogP contribution in [0, 0.1) is 11.8 Å². The molecule has 16 heavy (non-hydrogen) atoms. The average Bonchev–Trinajstić information content (AvgIpc) is 3.00. The number of amides is 2. The molecule has 0 radical (unpaired) electrons. The van der Waals surface area contributed by atoms with Crippen molar-refractivity contribution in [2.24, 2.45) is 11.8 Å². The monoisotopic (exact) mass is 226 g/mol. The molecule has 1 saturated carbocycles. The van der Waals surface area contributed by atoms with Crippen molar-refractivity contribution < 1.29 is 14.7 Å². The number of carbonyl (C=O) groups is 2. The number of carbonyl (C=O) groups excluding carboxylic acids is 2. The van der Waals surface area contributed by atoms with Crippen LogP contribution in [0.1, 0.15) is 19.8 Å². The summed E-state index contributed by atoms with van der Waals surface area (Å²) in [4.78, 5) is 24.4. The summed E-state index contributed by atoms with van der Waals surface area (Å²) in [5.41, 5.74) is 0. The standard InChI is InChI=1S/C11H18N2O3/c1-2-3-12-5-7(14)6-13-10(15)8-4-9(8)11(13)16/h7-9,12,14H,2-6H2,1H3. The van der Waals surface area contributed by atoms with Crippen molar-refractivity contribution in [1.82, 2.24) is 10.2 Å². The molecule has 0 aromatic rings. The first kappa shape index (κ1) is 11.5. The lowest BCUT2D eigenvalue weighted by Crippen LogP contribution is -2.42. The number of aliphatic hydroxyl groups is 1. The summed E-state index contributed by atoms with van der Waals surface area (Å²) in [6.45, 7) is 3.45. The molecule has 90 valence electrons. The van der Waals surface area contributed by atoms with Gasteiger partial charge in [0.25, 0.3) is 0 Å². The fraction of sp³-hybridized carbons (Fsp3) is 0.818. The van der Waals surface area contributed by atoms with E-state index in [9.17, 15) is 14.7 Å². The smallest absolute Gasteiger partial charge is 0.233 e.